The Bertz CT molecular complexity index is 1130. The lowest BCUT2D eigenvalue weighted by molar-refractivity contribution is -0.143. The highest BCUT2D eigenvalue weighted by atomic mass is 16.5. The minimum absolute atomic E-state index is 0.0163. The van der Waals surface area contributed by atoms with Crippen molar-refractivity contribution >= 4 is 11.9 Å². The second kappa shape index (κ2) is 65.1. The van der Waals surface area contributed by atoms with Crippen molar-refractivity contribution in [2.75, 3.05) is 13.2 Å². The fourth-order valence-electron chi connectivity index (χ4n) is 11.1. The van der Waals surface area contributed by atoms with Crippen molar-refractivity contribution < 1.29 is 24.5 Å². The fourth-order valence-corrected chi connectivity index (χ4v) is 11.1. The highest BCUT2D eigenvalue weighted by molar-refractivity contribution is 5.76. The highest BCUT2D eigenvalue weighted by Gasteiger charge is 2.20. The first kappa shape index (κ1) is 73.6. The number of unbranched alkanes of at least 4 members (excludes halogenated alkanes) is 52. The van der Waals surface area contributed by atoms with Crippen LogP contribution in [0.2, 0.25) is 0 Å². The molecule has 0 radical (unpaired) electrons. The van der Waals surface area contributed by atoms with Gasteiger partial charge in [-0.05, 0) is 51.4 Å². The number of esters is 1. The van der Waals surface area contributed by atoms with Crippen LogP contribution in [-0.4, -0.2) is 47.4 Å². The quantitative estimate of drug-likeness (QED) is 0.0320. The molecule has 2 atom stereocenters. The molecule has 0 heterocycles. The number of aliphatic hydroxyl groups is 2. The Balaban J connectivity index is 3.31. The molecule has 0 saturated heterocycles. The molecule has 0 fully saturated rings. The maximum absolute atomic E-state index is 12.5. The number of nitrogens with one attached hydrogen (secondary N) is 1. The minimum atomic E-state index is -0.660. The molecule has 0 spiro atoms. The summed E-state index contributed by atoms with van der Waals surface area (Å²) < 4.78 is 5.50. The third-order valence-corrected chi connectivity index (χ3v) is 16.3. The molecule has 0 aromatic heterocycles. The van der Waals surface area contributed by atoms with Crippen LogP contribution in [0, 0.1) is 0 Å². The van der Waals surface area contributed by atoms with Gasteiger partial charge in [0.05, 0.1) is 25.4 Å². The smallest absolute Gasteiger partial charge is 0.305 e. The lowest BCUT2D eigenvalue weighted by Crippen LogP contribution is -2.45. The van der Waals surface area contributed by atoms with Crippen molar-refractivity contribution in [2.24, 2.45) is 0 Å². The predicted molar refractivity (Wildman–Crippen MR) is 329 cm³/mol. The van der Waals surface area contributed by atoms with Gasteiger partial charge >= 0.3 is 5.97 Å². The molecule has 0 aliphatic rings. The number of aliphatic hydroxyl groups excluding tert-OH is 2. The number of rotatable bonds is 65. The topological polar surface area (TPSA) is 95.9 Å². The van der Waals surface area contributed by atoms with E-state index in [0.29, 0.717) is 25.9 Å². The van der Waals surface area contributed by atoms with Gasteiger partial charge in [-0.3, -0.25) is 9.59 Å². The van der Waals surface area contributed by atoms with Crippen LogP contribution < -0.4 is 5.32 Å². The van der Waals surface area contributed by atoms with E-state index in [4.69, 9.17) is 4.74 Å². The molecule has 6 nitrogen and oxygen atoms in total. The summed E-state index contributed by atoms with van der Waals surface area (Å²) in [4.78, 5) is 24.6. The van der Waals surface area contributed by atoms with Crippen LogP contribution in [0.5, 0.6) is 0 Å². The Labute approximate surface area is 469 Å². The van der Waals surface area contributed by atoms with E-state index in [0.717, 1.165) is 44.9 Å². The largest absolute Gasteiger partial charge is 0.466 e. The van der Waals surface area contributed by atoms with Crippen molar-refractivity contribution in [3.05, 3.63) is 12.2 Å². The normalized spacial score (nSPS) is 12.5. The van der Waals surface area contributed by atoms with Gasteiger partial charge in [0.1, 0.15) is 0 Å². The first-order valence-corrected chi connectivity index (χ1v) is 34.4. The lowest BCUT2D eigenvalue weighted by Gasteiger charge is -2.22. The van der Waals surface area contributed by atoms with E-state index in [1.807, 2.05) is 0 Å². The summed E-state index contributed by atoms with van der Waals surface area (Å²) in [5.74, 6) is -0.0132. The summed E-state index contributed by atoms with van der Waals surface area (Å²) in [6, 6.07) is -0.537. The lowest BCUT2D eigenvalue weighted by atomic mass is 10.0. The predicted octanol–water partition coefficient (Wildman–Crippen LogP) is 22.0. The number of carbonyl (C=O) groups is 2. The van der Waals surface area contributed by atoms with Crippen molar-refractivity contribution in [3.8, 4) is 0 Å². The van der Waals surface area contributed by atoms with Gasteiger partial charge < -0.3 is 20.3 Å². The molecule has 6 heteroatoms. The number of hydrogen-bond acceptors (Lipinski definition) is 5. The third kappa shape index (κ3) is 61.7. The van der Waals surface area contributed by atoms with Crippen LogP contribution in [0.15, 0.2) is 12.2 Å². The second-order valence-corrected chi connectivity index (χ2v) is 23.9. The summed E-state index contributed by atoms with van der Waals surface area (Å²) in [7, 11) is 0. The van der Waals surface area contributed by atoms with Crippen LogP contribution in [0.25, 0.3) is 0 Å². The Morgan fingerprint density at radius 2 is 0.627 bits per heavy atom. The van der Waals surface area contributed by atoms with E-state index < -0.39 is 12.1 Å². The number of ether oxygens (including phenoxy) is 1. The molecular weight excluding hydrogens is 923 g/mol. The van der Waals surface area contributed by atoms with Gasteiger partial charge in [-0.15, -0.1) is 0 Å². The first-order valence-electron chi connectivity index (χ1n) is 34.4. The molecule has 446 valence electrons. The molecule has 0 rings (SSSR count). The van der Waals surface area contributed by atoms with E-state index in [2.05, 4.69) is 31.3 Å². The van der Waals surface area contributed by atoms with Crippen LogP contribution in [0.4, 0.5) is 0 Å². The molecule has 0 aliphatic carbocycles. The van der Waals surface area contributed by atoms with Gasteiger partial charge in [0.25, 0.3) is 0 Å². The van der Waals surface area contributed by atoms with Crippen LogP contribution in [0.1, 0.15) is 393 Å². The summed E-state index contributed by atoms with van der Waals surface area (Å²) >= 11 is 0. The van der Waals surface area contributed by atoms with Crippen molar-refractivity contribution in [1.29, 1.82) is 0 Å². The fraction of sp³-hybridized carbons (Fsp3) is 0.942. The van der Waals surface area contributed by atoms with E-state index in [1.165, 1.54) is 315 Å². The molecular formula is C69H135NO5. The molecule has 0 bridgehead atoms. The molecule has 0 saturated carbocycles. The monoisotopic (exact) mass is 1060 g/mol. The first-order chi connectivity index (χ1) is 37.0. The summed E-state index contributed by atoms with van der Waals surface area (Å²) in [5, 5.41) is 23.3. The zero-order chi connectivity index (χ0) is 54.3. The minimum Gasteiger partial charge on any atom is -0.466 e. The molecule has 0 aliphatic heterocycles. The van der Waals surface area contributed by atoms with Gasteiger partial charge in [0, 0.05) is 12.8 Å². The number of carbonyl (C=O) groups excluding carboxylic acids is 2. The van der Waals surface area contributed by atoms with Crippen LogP contribution in [0.3, 0.4) is 0 Å². The molecule has 75 heavy (non-hydrogen) atoms. The van der Waals surface area contributed by atoms with Gasteiger partial charge in [-0.2, -0.15) is 0 Å². The van der Waals surface area contributed by atoms with Crippen molar-refractivity contribution in [3.63, 3.8) is 0 Å². The Morgan fingerprint density at radius 3 is 0.947 bits per heavy atom. The molecule has 2 unspecified atom stereocenters. The summed E-state index contributed by atoms with van der Waals surface area (Å²) in [6.07, 6.45) is 79.7. The average molecular weight is 1060 g/mol. The zero-order valence-electron chi connectivity index (χ0n) is 51.1. The number of allylic oxidation sites excluding steroid dienone is 2. The second-order valence-electron chi connectivity index (χ2n) is 23.9. The SMILES string of the molecule is CCCCCCCC/C=C\CCCCCCCCCC(=O)OCCCCCCCCCCCCCCCCCCCCCCCCCCCCCCC(=O)NC(CO)C(O)CCCCCCCCCCCCCCC. The molecule has 3 N–H and O–H groups in total. The summed E-state index contributed by atoms with van der Waals surface area (Å²) in [5.41, 5.74) is 0. The highest BCUT2D eigenvalue weighted by Crippen LogP contribution is 2.19. The van der Waals surface area contributed by atoms with Gasteiger partial charge in [0.2, 0.25) is 5.91 Å². The van der Waals surface area contributed by atoms with Crippen LogP contribution in [-0.2, 0) is 14.3 Å². The van der Waals surface area contributed by atoms with Crippen molar-refractivity contribution in [2.45, 2.75) is 405 Å². The Morgan fingerprint density at radius 1 is 0.360 bits per heavy atom. The molecule has 0 aromatic carbocycles. The molecule has 1 amide bonds. The average Bonchev–Trinajstić information content (AvgIpc) is 3.41. The van der Waals surface area contributed by atoms with Gasteiger partial charge in [-0.25, -0.2) is 0 Å². The Kier molecular flexibility index (Phi) is 63.9. The van der Waals surface area contributed by atoms with Crippen molar-refractivity contribution in [1.82, 2.24) is 5.32 Å². The van der Waals surface area contributed by atoms with Gasteiger partial charge in [-0.1, -0.05) is 341 Å². The number of hydrogen-bond donors (Lipinski definition) is 3. The van der Waals surface area contributed by atoms with E-state index in [9.17, 15) is 19.8 Å². The zero-order valence-corrected chi connectivity index (χ0v) is 51.1. The Hall–Kier alpha value is -1.40. The van der Waals surface area contributed by atoms with E-state index in [1.54, 1.807) is 0 Å². The summed E-state index contributed by atoms with van der Waals surface area (Å²) in [6.45, 7) is 4.98. The van der Waals surface area contributed by atoms with Gasteiger partial charge in [0.15, 0.2) is 0 Å². The molecule has 0 aromatic rings. The van der Waals surface area contributed by atoms with Crippen LogP contribution >= 0.6 is 0 Å². The number of amides is 1. The third-order valence-electron chi connectivity index (χ3n) is 16.3. The maximum Gasteiger partial charge on any atom is 0.305 e. The van der Waals surface area contributed by atoms with E-state index in [-0.39, 0.29) is 18.5 Å². The van der Waals surface area contributed by atoms with E-state index >= 15 is 0 Å². The standard InChI is InChI=1S/C69H135NO5/c1-3-5-7-9-11-13-15-17-18-31-35-39-43-47-51-55-59-63-69(74)75-64-60-56-52-48-44-40-36-33-30-28-26-24-22-20-19-21-23-25-27-29-32-34-38-42-46-50-54-58-62-68(73)70-66(65-71)67(72)61-57-53-49-45-41-37-16-14-12-10-8-6-4-2/h17-18,66-67,71-72H,3-16,19-65H2,1-2H3,(H,70,73)/b18-17-. The maximum atomic E-state index is 12.5.